The third kappa shape index (κ3) is 4.04. The molecule has 1 rings (SSSR count). The highest BCUT2D eigenvalue weighted by molar-refractivity contribution is 5.91. The van der Waals surface area contributed by atoms with Crippen molar-refractivity contribution in [3.63, 3.8) is 0 Å². The average Bonchev–Trinajstić information content (AvgIpc) is 2.38. The monoisotopic (exact) mass is 284 g/mol. The van der Waals surface area contributed by atoms with Crippen molar-refractivity contribution in [2.75, 3.05) is 13.7 Å². The van der Waals surface area contributed by atoms with Gasteiger partial charge in [-0.3, -0.25) is 0 Å². The highest BCUT2D eigenvalue weighted by atomic mass is 16.6. The molecule has 0 fully saturated rings. The van der Waals surface area contributed by atoms with Crippen molar-refractivity contribution in [2.24, 2.45) is 0 Å². The van der Waals surface area contributed by atoms with Gasteiger partial charge >= 0.3 is 11.9 Å². The summed E-state index contributed by atoms with van der Waals surface area (Å²) < 4.78 is 14.3. The number of benzene rings is 1. The van der Waals surface area contributed by atoms with Gasteiger partial charge in [-0.1, -0.05) is 0 Å². The van der Waals surface area contributed by atoms with Gasteiger partial charge in [-0.25, -0.2) is 9.59 Å². The molecule has 0 heterocycles. The van der Waals surface area contributed by atoms with Crippen LogP contribution in [0, 0.1) is 0 Å². The molecule has 0 saturated carbocycles. The smallest absolute Gasteiger partial charge is 0.344 e. The molecule has 0 amide bonds. The molecular weight excluding hydrogens is 268 g/mol. The van der Waals surface area contributed by atoms with Gasteiger partial charge in [-0.2, -0.15) is 0 Å². The van der Waals surface area contributed by atoms with Crippen molar-refractivity contribution in [3.05, 3.63) is 17.7 Å². The number of carbonyl (C=O) groups excluding carboxylic acids is 2. The number of hydrogen-bond acceptors (Lipinski definition) is 7. The van der Waals surface area contributed by atoms with E-state index in [1.165, 1.54) is 7.11 Å². The van der Waals surface area contributed by atoms with E-state index in [1.54, 1.807) is 13.8 Å². The number of hydrogen-bond donors (Lipinski definition) is 2. The summed E-state index contributed by atoms with van der Waals surface area (Å²) >= 11 is 0. The molecule has 0 aliphatic heterocycles. The van der Waals surface area contributed by atoms with Gasteiger partial charge in [0.25, 0.3) is 0 Å². The Hall–Kier alpha value is -2.44. The number of phenolic OH excluding ortho intramolecular Hbond substituents is 2. The van der Waals surface area contributed by atoms with Crippen LogP contribution in [-0.4, -0.2) is 42.0 Å². The highest BCUT2D eigenvalue weighted by Crippen LogP contribution is 2.36. The maximum absolute atomic E-state index is 11.4. The second-order valence-electron chi connectivity index (χ2n) is 4.16. The third-order valence-electron chi connectivity index (χ3n) is 2.19. The Bertz CT molecular complexity index is 508. The second kappa shape index (κ2) is 6.65. The zero-order chi connectivity index (χ0) is 15.3. The summed E-state index contributed by atoms with van der Waals surface area (Å²) in [6.07, 6.45) is -0.297. The largest absolute Gasteiger partial charge is 0.504 e. The lowest BCUT2D eigenvalue weighted by Crippen LogP contribution is -2.18. The maximum atomic E-state index is 11.4. The van der Waals surface area contributed by atoms with Gasteiger partial charge < -0.3 is 24.4 Å². The van der Waals surface area contributed by atoms with E-state index in [9.17, 15) is 19.8 Å². The zero-order valence-corrected chi connectivity index (χ0v) is 11.4. The summed E-state index contributed by atoms with van der Waals surface area (Å²) in [5.41, 5.74) is -0.0185. The summed E-state index contributed by atoms with van der Waals surface area (Å²) in [5, 5.41) is 19.1. The molecule has 110 valence electrons. The molecule has 1 aromatic rings. The van der Waals surface area contributed by atoms with Crippen LogP contribution in [0.25, 0.3) is 0 Å². The molecule has 0 saturated heterocycles. The molecule has 1 aromatic carbocycles. The summed E-state index contributed by atoms with van der Waals surface area (Å²) in [5.74, 6) is -2.70. The zero-order valence-electron chi connectivity index (χ0n) is 11.4. The van der Waals surface area contributed by atoms with E-state index in [0.29, 0.717) is 0 Å². The van der Waals surface area contributed by atoms with Crippen LogP contribution in [-0.2, 0) is 14.3 Å². The minimum atomic E-state index is -0.713. The van der Waals surface area contributed by atoms with Gasteiger partial charge in [0, 0.05) is 0 Å². The van der Waals surface area contributed by atoms with E-state index in [1.807, 2.05) is 0 Å². The SMILES string of the molecule is COC(=O)c1cc(O)c(O)c(OCC(=O)OC(C)C)c1. The highest BCUT2D eigenvalue weighted by Gasteiger charge is 2.17. The molecule has 0 aliphatic carbocycles. The summed E-state index contributed by atoms with van der Waals surface area (Å²) in [4.78, 5) is 22.7. The predicted molar refractivity (Wildman–Crippen MR) is 67.8 cm³/mol. The topological polar surface area (TPSA) is 102 Å². The summed E-state index contributed by atoms with van der Waals surface area (Å²) in [6, 6.07) is 2.18. The van der Waals surface area contributed by atoms with Crippen LogP contribution in [0.2, 0.25) is 0 Å². The fraction of sp³-hybridized carbons (Fsp3) is 0.385. The fourth-order valence-corrected chi connectivity index (χ4v) is 1.37. The van der Waals surface area contributed by atoms with Crippen LogP contribution in [0.4, 0.5) is 0 Å². The van der Waals surface area contributed by atoms with E-state index in [-0.39, 0.29) is 17.4 Å². The van der Waals surface area contributed by atoms with E-state index >= 15 is 0 Å². The Labute approximate surface area is 115 Å². The van der Waals surface area contributed by atoms with Crippen molar-refractivity contribution in [3.8, 4) is 17.2 Å². The van der Waals surface area contributed by atoms with Crippen LogP contribution in [0.1, 0.15) is 24.2 Å². The number of phenols is 2. The number of carbonyl (C=O) groups is 2. The Morgan fingerprint density at radius 2 is 1.90 bits per heavy atom. The van der Waals surface area contributed by atoms with Gasteiger partial charge in [0.05, 0.1) is 18.8 Å². The Morgan fingerprint density at radius 3 is 2.45 bits per heavy atom. The molecule has 0 aliphatic rings. The van der Waals surface area contributed by atoms with E-state index in [0.717, 1.165) is 12.1 Å². The van der Waals surface area contributed by atoms with Gasteiger partial charge in [-0.15, -0.1) is 0 Å². The molecule has 0 bridgehead atoms. The molecular formula is C13H16O7. The van der Waals surface area contributed by atoms with Crippen LogP contribution < -0.4 is 4.74 Å². The second-order valence-corrected chi connectivity index (χ2v) is 4.16. The first kappa shape index (κ1) is 15.6. The van der Waals surface area contributed by atoms with Crippen molar-refractivity contribution < 1.29 is 34.0 Å². The van der Waals surface area contributed by atoms with E-state index in [4.69, 9.17) is 9.47 Å². The van der Waals surface area contributed by atoms with E-state index < -0.39 is 30.0 Å². The first-order valence-electron chi connectivity index (χ1n) is 5.81. The molecule has 20 heavy (non-hydrogen) atoms. The van der Waals surface area contributed by atoms with Gasteiger partial charge in [-0.05, 0) is 26.0 Å². The standard InChI is InChI=1S/C13H16O7/c1-7(2)20-11(15)6-19-10-5-8(13(17)18-3)4-9(14)12(10)16/h4-5,7,14,16H,6H2,1-3H3. The van der Waals surface area contributed by atoms with Crippen LogP contribution in [0.15, 0.2) is 12.1 Å². The molecule has 0 aromatic heterocycles. The average molecular weight is 284 g/mol. The molecule has 0 spiro atoms. The normalized spacial score (nSPS) is 10.2. The van der Waals surface area contributed by atoms with Crippen molar-refractivity contribution >= 4 is 11.9 Å². The van der Waals surface area contributed by atoms with Crippen molar-refractivity contribution in [2.45, 2.75) is 20.0 Å². The lowest BCUT2D eigenvalue weighted by atomic mass is 10.2. The number of methoxy groups -OCH3 is 1. The molecule has 0 atom stereocenters. The lowest BCUT2D eigenvalue weighted by Gasteiger charge is -2.11. The first-order chi connectivity index (χ1) is 9.35. The minimum Gasteiger partial charge on any atom is -0.504 e. The Balaban J connectivity index is 2.86. The number of esters is 2. The number of rotatable bonds is 5. The predicted octanol–water partition coefficient (Wildman–Crippen LogP) is 1.21. The molecule has 7 nitrogen and oxygen atoms in total. The molecule has 2 N–H and O–H groups in total. The van der Waals surface area contributed by atoms with Crippen LogP contribution in [0.3, 0.4) is 0 Å². The minimum absolute atomic E-state index is 0.0185. The first-order valence-corrected chi connectivity index (χ1v) is 5.81. The van der Waals surface area contributed by atoms with Gasteiger partial charge in [0.1, 0.15) is 0 Å². The summed E-state index contributed by atoms with van der Waals surface area (Å²) in [7, 11) is 1.17. The summed E-state index contributed by atoms with van der Waals surface area (Å²) in [6.45, 7) is 2.90. The van der Waals surface area contributed by atoms with Crippen molar-refractivity contribution in [1.29, 1.82) is 0 Å². The lowest BCUT2D eigenvalue weighted by molar-refractivity contribution is -0.149. The molecule has 0 radical (unpaired) electrons. The van der Waals surface area contributed by atoms with E-state index in [2.05, 4.69) is 4.74 Å². The van der Waals surface area contributed by atoms with Gasteiger partial charge in [0.2, 0.25) is 5.75 Å². The third-order valence-corrected chi connectivity index (χ3v) is 2.19. The van der Waals surface area contributed by atoms with Crippen molar-refractivity contribution in [1.82, 2.24) is 0 Å². The Morgan fingerprint density at radius 1 is 1.25 bits per heavy atom. The van der Waals surface area contributed by atoms with Crippen LogP contribution in [0.5, 0.6) is 17.2 Å². The number of ether oxygens (including phenoxy) is 3. The number of aromatic hydroxyl groups is 2. The quantitative estimate of drug-likeness (QED) is 0.619. The molecule has 7 heteroatoms. The maximum Gasteiger partial charge on any atom is 0.344 e. The fourth-order valence-electron chi connectivity index (χ4n) is 1.37. The molecule has 0 unspecified atom stereocenters. The van der Waals surface area contributed by atoms with Gasteiger partial charge in [0.15, 0.2) is 18.1 Å². The van der Waals surface area contributed by atoms with Crippen LogP contribution >= 0.6 is 0 Å². The Kier molecular flexibility index (Phi) is 5.19.